The molecule has 1 fully saturated rings. The molecule has 1 saturated heterocycles. The number of ether oxygens (including phenoxy) is 2. The number of anilines is 1. The molecule has 1 aliphatic heterocycles. The zero-order valence-corrected chi connectivity index (χ0v) is 19.1. The van der Waals surface area contributed by atoms with Crippen LogP contribution in [0.5, 0.6) is 5.75 Å². The van der Waals surface area contributed by atoms with Gasteiger partial charge in [-0.1, -0.05) is 30.3 Å². The summed E-state index contributed by atoms with van der Waals surface area (Å²) in [5.41, 5.74) is 4.68. The van der Waals surface area contributed by atoms with Gasteiger partial charge in [-0.2, -0.15) is 0 Å². The highest BCUT2D eigenvalue weighted by molar-refractivity contribution is 6.06. The van der Waals surface area contributed by atoms with Crippen molar-refractivity contribution in [1.82, 2.24) is 9.88 Å². The van der Waals surface area contributed by atoms with Gasteiger partial charge in [0.1, 0.15) is 24.3 Å². The standard InChI is InChI=1S/C27H29N3O3/c1-30(2)16-18-31-21-12-10-20(11-13-21)26-24(19-7-4-3-5-8-19)25-22(14-15-28-27(25)33-26)29-23-9-6-17-32-23/h3-5,7-8,10-15,23H,6,9,16-18H2,1-2H3,(H,28,29). The van der Waals surface area contributed by atoms with Crippen molar-refractivity contribution in [3.8, 4) is 28.2 Å². The Balaban J connectivity index is 1.56. The molecule has 6 heteroatoms. The van der Waals surface area contributed by atoms with Gasteiger partial charge in [0, 0.05) is 30.5 Å². The molecule has 1 aliphatic rings. The van der Waals surface area contributed by atoms with Crippen LogP contribution in [0, 0.1) is 0 Å². The van der Waals surface area contributed by atoms with E-state index in [4.69, 9.17) is 13.9 Å². The molecule has 1 N–H and O–H groups in total. The number of furan rings is 1. The van der Waals surface area contributed by atoms with Crippen LogP contribution in [0.3, 0.4) is 0 Å². The molecule has 170 valence electrons. The quantitative estimate of drug-likeness (QED) is 0.380. The largest absolute Gasteiger partial charge is 0.492 e. The summed E-state index contributed by atoms with van der Waals surface area (Å²) in [4.78, 5) is 6.65. The van der Waals surface area contributed by atoms with Crippen molar-refractivity contribution < 1.29 is 13.9 Å². The molecule has 0 bridgehead atoms. The van der Waals surface area contributed by atoms with Gasteiger partial charge in [0.2, 0.25) is 5.71 Å². The van der Waals surface area contributed by atoms with Crippen LogP contribution in [-0.2, 0) is 4.74 Å². The van der Waals surface area contributed by atoms with Crippen LogP contribution >= 0.6 is 0 Å². The zero-order valence-electron chi connectivity index (χ0n) is 19.1. The maximum Gasteiger partial charge on any atom is 0.229 e. The summed E-state index contributed by atoms with van der Waals surface area (Å²) in [6, 6.07) is 20.4. The molecule has 0 amide bonds. The Kier molecular flexibility index (Phi) is 6.28. The van der Waals surface area contributed by atoms with E-state index in [2.05, 4.69) is 27.3 Å². The van der Waals surface area contributed by atoms with Crippen LogP contribution < -0.4 is 10.1 Å². The minimum absolute atomic E-state index is 0.0103. The first-order valence-electron chi connectivity index (χ1n) is 11.4. The van der Waals surface area contributed by atoms with Crippen molar-refractivity contribution in [2.24, 2.45) is 0 Å². The highest BCUT2D eigenvalue weighted by Gasteiger charge is 2.23. The van der Waals surface area contributed by atoms with Gasteiger partial charge in [-0.3, -0.25) is 0 Å². The van der Waals surface area contributed by atoms with Crippen molar-refractivity contribution in [3.63, 3.8) is 0 Å². The molecule has 0 spiro atoms. The molecule has 0 aliphatic carbocycles. The second kappa shape index (κ2) is 9.65. The third-order valence-corrected chi connectivity index (χ3v) is 5.82. The lowest BCUT2D eigenvalue weighted by molar-refractivity contribution is 0.132. The van der Waals surface area contributed by atoms with E-state index in [1.165, 1.54) is 0 Å². The molecule has 33 heavy (non-hydrogen) atoms. The summed E-state index contributed by atoms with van der Waals surface area (Å²) in [6.07, 6.45) is 3.85. The lowest BCUT2D eigenvalue weighted by atomic mass is 9.98. The summed E-state index contributed by atoms with van der Waals surface area (Å²) in [7, 11) is 4.07. The highest BCUT2D eigenvalue weighted by atomic mass is 16.5. The topological polar surface area (TPSA) is 59.8 Å². The normalized spacial score (nSPS) is 15.9. The predicted octanol–water partition coefficient (Wildman–Crippen LogP) is 5.65. The molecule has 6 nitrogen and oxygen atoms in total. The summed E-state index contributed by atoms with van der Waals surface area (Å²) in [5, 5.41) is 4.53. The molecule has 1 unspecified atom stereocenters. The van der Waals surface area contributed by atoms with E-state index in [0.717, 1.165) is 65.3 Å². The van der Waals surface area contributed by atoms with Gasteiger partial charge < -0.3 is 24.1 Å². The van der Waals surface area contributed by atoms with E-state index in [9.17, 15) is 0 Å². The average Bonchev–Trinajstić information content (AvgIpc) is 3.48. The van der Waals surface area contributed by atoms with E-state index in [1.54, 1.807) is 6.20 Å². The van der Waals surface area contributed by atoms with Crippen LogP contribution in [0.1, 0.15) is 12.8 Å². The number of hydrogen-bond acceptors (Lipinski definition) is 6. The van der Waals surface area contributed by atoms with Gasteiger partial charge in [-0.25, -0.2) is 4.98 Å². The Morgan fingerprint density at radius 1 is 1.03 bits per heavy atom. The fourth-order valence-corrected chi connectivity index (χ4v) is 4.14. The molecule has 5 rings (SSSR count). The van der Waals surface area contributed by atoms with Crippen LogP contribution in [0.2, 0.25) is 0 Å². The van der Waals surface area contributed by atoms with Gasteiger partial charge in [-0.15, -0.1) is 0 Å². The van der Waals surface area contributed by atoms with E-state index >= 15 is 0 Å². The highest BCUT2D eigenvalue weighted by Crippen LogP contribution is 2.43. The summed E-state index contributed by atoms with van der Waals surface area (Å²) < 4.78 is 18.0. The van der Waals surface area contributed by atoms with Gasteiger partial charge in [0.25, 0.3) is 0 Å². The maximum atomic E-state index is 6.36. The number of pyridine rings is 1. The SMILES string of the molecule is CN(C)CCOc1ccc(-c2oc3nccc(NC4CCCO4)c3c2-c2ccccc2)cc1. The van der Waals surface area contributed by atoms with Crippen molar-refractivity contribution in [2.45, 2.75) is 19.1 Å². The molecular weight excluding hydrogens is 414 g/mol. The first kappa shape index (κ1) is 21.5. The van der Waals surface area contributed by atoms with Crippen LogP contribution in [0.15, 0.2) is 71.3 Å². The Hall–Kier alpha value is -3.35. The fraction of sp³-hybridized carbons (Fsp3) is 0.296. The lowest BCUT2D eigenvalue weighted by Crippen LogP contribution is -2.19. The van der Waals surface area contributed by atoms with Crippen LogP contribution in [-0.4, -0.2) is 50.0 Å². The lowest BCUT2D eigenvalue weighted by Gasteiger charge is -2.14. The van der Waals surface area contributed by atoms with E-state index in [-0.39, 0.29) is 6.23 Å². The Bertz CT molecular complexity index is 1200. The summed E-state index contributed by atoms with van der Waals surface area (Å²) in [5.74, 6) is 1.64. The van der Waals surface area contributed by atoms with Crippen molar-refractivity contribution >= 4 is 16.8 Å². The van der Waals surface area contributed by atoms with E-state index < -0.39 is 0 Å². The Morgan fingerprint density at radius 2 is 1.85 bits per heavy atom. The number of hydrogen-bond donors (Lipinski definition) is 1. The average molecular weight is 444 g/mol. The second-order valence-corrected chi connectivity index (χ2v) is 8.53. The van der Waals surface area contributed by atoms with E-state index in [0.29, 0.717) is 12.3 Å². The number of aromatic nitrogens is 1. The van der Waals surface area contributed by atoms with Crippen molar-refractivity contribution in [2.75, 3.05) is 39.2 Å². The minimum Gasteiger partial charge on any atom is -0.492 e. The Morgan fingerprint density at radius 3 is 2.58 bits per heavy atom. The predicted molar refractivity (Wildman–Crippen MR) is 132 cm³/mol. The van der Waals surface area contributed by atoms with Gasteiger partial charge in [0.15, 0.2) is 0 Å². The molecule has 4 aromatic rings. The minimum atomic E-state index is 0.0103. The first-order valence-corrected chi connectivity index (χ1v) is 11.4. The van der Waals surface area contributed by atoms with Crippen molar-refractivity contribution in [3.05, 3.63) is 66.9 Å². The number of benzene rings is 2. The number of nitrogens with zero attached hydrogens (tertiary/aromatic N) is 2. The molecule has 0 radical (unpaired) electrons. The third-order valence-electron chi connectivity index (χ3n) is 5.82. The van der Waals surface area contributed by atoms with Crippen molar-refractivity contribution in [1.29, 1.82) is 0 Å². The monoisotopic (exact) mass is 443 g/mol. The number of fused-ring (bicyclic) bond motifs is 1. The summed E-state index contributed by atoms with van der Waals surface area (Å²) >= 11 is 0. The maximum absolute atomic E-state index is 6.36. The molecular formula is C27H29N3O3. The Labute approximate surface area is 194 Å². The second-order valence-electron chi connectivity index (χ2n) is 8.53. The van der Waals surface area contributed by atoms with Crippen LogP contribution in [0.4, 0.5) is 5.69 Å². The smallest absolute Gasteiger partial charge is 0.229 e. The van der Waals surface area contributed by atoms with Crippen LogP contribution in [0.25, 0.3) is 33.6 Å². The first-order chi connectivity index (χ1) is 16.2. The van der Waals surface area contributed by atoms with Gasteiger partial charge in [-0.05, 0) is 62.8 Å². The number of likely N-dealkylation sites (N-methyl/N-ethyl adjacent to an activating group) is 1. The molecule has 2 aromatic carbocycles. The molecule has 2 aromatic heterocycles. The number of rotatable bonds is 8. The molecule has 3 heterocycles. The third kappa shape index (κ3) is 4.72. The van der Waals surface area contributed by atoms with Gasteiger partial charge in [0.05, 0.1) is 11.1 Å². The zero-order chi connectivity index (χ0) is 22.6. The fourth-order valence-electron chi connectivity index (χ4n) is 4.14. The summed E-state index contributed by atoms with van der Waals surface area (Å²) in [6.45, 7) is 2.31. The number of nitrogens with one attached hydrogen (secondary N) is 1. The molecule has 0 saturated carbocycles. The molecule has 1 atom stereocenters. The van der Waals surface area contributed by atoms with Gasteiger partial charge >= 0.3 is 0 Å². The van der Waals surface area contributed by atoms with E-state index in [1.807, 2.05) is 62.6 Å².